The Morgan fingerprint density at radius 2 is 1.90 bits per heavy atom. The molecule has 1 aromatic heterocycles. The summed E-state index contributed by atoms with van der Waals surface area (Å²) in [6.45, 7) is 0. The van der Waals surface area contributed by atoms with Crippen molar-refractivity contribution >= 4 is 40.0 Å². The van der Waals surface area contributed by atoms with Gasteiger partial charge in [0.05, 0.1) is 7.11 Å². The van der Waals surface area contributed by atoms with Gasteiger partial charge in [-0.25, -0.2) is 0 Å². The summed E-state index contributed by atoms with van der Waals surface area (Å²) in [6, 6.07) is 11.7. The van der Waals surface area contributed by atoms with Crippen molar-refractivity contribution in [2.24, 2.45) is 0 Å². The third-order valence-electron chi connectivity index (χ3n) is 3.08. The number of hydrogen-bond donors (Lipinski definition) is 0. The number of carbonyl (C=O) groups is 1. The summed E-state index contributed by atoms with van der Waals surface area (Å²) < 4.78 is 10.8. The Hall–Kier alpha value is -1.97. The van der Waals surface area contributed by atoms with Gasteiger partial charge in [0, 0.05) is 27.1 Å². The molecule has 5 heteroatoms. The number of fused-ring (bicyclic) bond motifs is 1. The van der Waals surface area contributed by atoms with E-state index in [-0.39, 0.29) is 11.5 Å². The third-order valence-corrected chi connectivity index (χ3v) is 3.53. The Labute approximate surface area is 131 Å². The topological polar surface area (TPSA) is 39.4 Å². The van der Waals surface area contributed by atoms with E-state index in [1.54, 1.807) is 42.5 Å². The number of hydrogen-bond acceptors (Lipinski definition) is 3. The molecule has 0 atom stereocenters. The van der Waals surface area contributed by atoms with Gasteiger partial charge in [-0.2, -0.15) is 0 Å². The van der Waals surface area contributed by atoms with Crippen LogP contribution in [0.2, 0.25) is 10.0 Å². The highest BCUT2D eigenvalue weighted by Crippen LogP contribution is 2.33. The van der Waals surface area contributed by atoms with Crippen molar-refractivity contribution in [3.05, 3.63) is 63.8 Å². The van der Waals surface area contributed by atoms with Crippen LogP contribution >= 0.6 is 23.2 Å². The molecule has 0 fully saturated rings. The molecule has 106 valence electrons. The Kier molecular flexibility index (Phi) is 3.62. The minimum Gasteiger partial charge on any atom is -0.493 e. The molecule has 3 aromatic rings. The number of methoxy groups -OCH3 is 1. The summed E-state index contributed by atoms with van der Waals surface area (Å²) in [5.41, 5.74) is 0.957. The Morgan fingerprint density at radius 1 is 1.10 bits per heavy atom. The summed E-state index contributed by atoms with van der Waals surface area (Å²) in [6.07, 6.45) is 0. The number of ketones is 1. The van der Waals surface area contributed by atoms with Crippen molar-refractivity contribution in [1.82, 2.24) is 0 Å². The van der Waals surface area contributed by atoms with Gasteiger partial charge in [-0.3, -0.25) is 4.79 Å². The lowest BCUT2D eigenvalue weighted by Gasteiger charge is -2.00. The maximum Gasteiger partial charge on any atom is 0.228 e. The van der Waals surface area contributed by atoms with Crippen LogP contribution in [0.1, 0.15) is 16.1 Å². The highest BCUT2D eigenvalue weighted by atomic mass is 35.5. The molecule has 0 unspecified atom stereocenters. The molecule has 0 radical (unpaired) electrons. The van der Waals surface area contributed by atoms with Gasteiger partial charge in [0.1, 0.15) is 0 Å². The van der Waals surface area contributed by atoms with Crippen LogP contribution in [0.5, 0.6) is 5.75 Å². The second kappa shape index (κ2) is 5.43. The average molecular weight is 321 g/mol. The minimum absolute atomic E-state index is 0.216. The molecule has 3 rings (SSSR count). The predicted molar refractivity (Wildman–Crippen MR) is 82.7 cm³/mol. The van der Waals surface area contributed by atoms with E-state index in [9.17, 15) is 4.79 Å². The first-order valence-corrected chi connectivity index (χ1v) is 6.91. The van der Waals surface area contributed by atoms with Crippen molar-refractivity contribution in [3.8, 4) is 5.75 Å². The summed E-state index contributed by atoms with van der Waals surface area (Å²) in [4.78, 5) is 12.4. The molecule has 21 heavy (non-hydrogen) atoms. The van der Waals surface area contributed by atoms with Crippen LogP contribution in [0.4, 0.5) is 0 Å². The van der Waals surface area contributed by atoms with E-state index in [0.717, 1.165) is 0 Å². The fourth-order valence-electron chi connectivity index (χ4n) is 2.12. The SMILES string of the molecule is COc1cc(Cl)cc2cc(C(=O)c3cccc(Cl)c3)oc12. The summed E-state index contributed by atoms with van der Waals surface area (Å²) in [5, 5.41) is 1.73. The molecular weight excluding hydrogens is 311 g/mol. The fourth-order valence-corrected chi connectivity index (χ4v) is 2.53. The van der Waals surface area contributed by atoms with Gasteiger partial charge in [-0.05, 0) is 24.3 Å². The maximum atomic E-state index is 12.4. The molecule has 0 aliphatic heterocycles. The molecule has 0 N–H and O–H groups in total. The molecule has 1 heterocycles. The monoisotopic (exact) mass is 320 g/mol. The van der Waals surface area contributed by atoms with Crippen molar-refractivity contribution in [3.63, 3.8) is 0 Å². The highest BCUT2D eigenvalue weighted by molar-refractivity contribution is 6.32. The standard InChI is InChI=1S/C16H10Cl2O3/c1-20-14-8-12(18)6-10-7-13(21-16(10)14)15(19)9-3-2-4-11(17)5-9/h2-8H,1H3. The minimum atomic E-state index is -0.244. The van der Waals surface area contributed by atoms with Gasteiger partial charge in [-0.1, -0.05) is 35.3 Å². The molecule has 2 aromatic carbocycles. The molecule has 0 aliphatic carbocycles. The first-order chi connectivity index (χ1) is 10.1. The summed E-state index contributed by atoms with van der Waals surface area (Å²) in [5.74, 6) is 0.461. The zero-order chi connectivity index (χ0) is 15.0. The molecule has 0 bridgehead atoms. The first kappa shape index (κ1) is 14.0. The Morgan fingerprint density at radius 3 is 2.62 bits per heavy atom. The predicted octanol–water partition coefficient (Wildman–Crippen LogP) is 4.98. The highest BCUT2D eigenvalue weighted by Gasteiger charge is 2.17. The molecule has 0 saturated carbocycles. The van der Waals surface area contributed by atoms with Crippen LogP contribution in [0.15, 0.2) is 46.9 Å². The lowest BCUT2D eigenvalue weighted by Crippen LogP contribution is -1.98. The van der Waals surface area contributed by atoms with Gasteiger partial charge in [0.2, 0.25) is 5.78 Å². The molecule has 0 saturated heterocycles. The number of ether oxygens (including phenoxy) is 1. The van der Waals surface area contributed by atoms with Crippen molar-refractivity contribution in [1.29, 1.82) is 0 Å². The zero-order valence-electron chi connectivity index (χ0n) is 11.0. The normalized spacial score (nSPS) is 10.8. The largest absolute Gasteiger partial charge is 0.493 e. The van der Waals surface area contributed by atoms with E-state index in [1.807, 2.05) is 0 Å². The van der Waals surface area contributed by atoms with E-state index >= 15 is 0 Å². The number of rotatable bonds is 3. The smallest absolute Gasteiger partial charge is 0.228 e. The first-order valence-electron chi connectivity index (χ1n) is 6.16. The second-order valence-corrected chi connectivity index (χ2v) is 5.35. The Bertz CT molecular complexity index is 837. The number of halogens is 2. The molecule has 0 aliphatic rings. The third kappa shape index (κ3) is 2.62. The van der Waals surface area contributed by atoms with Crippen LogP contribution < -0.4 is 4.74 Å². The quantitative estimate of drug-likeness (QED) is 0.639. The average Bonchev–Trinajstić information content (AvgIpc) is 2.89. The van der Waals surface area contributed by atoms with E-state index in [1.165, 1.54) is 7.11 Å². The number of benzene rings is 2. The van der Waals surface area contributed by atoms with Gasteiger partial charge in [0.25, 0.3) is 0 Å². The van der Waals surface area contributed by atoms with Gasteiger partial charge < -0.3 is 9.15 Å². The number of carbonyl (C=O) groups excluding carboxylic acids is 1. The van der Waals surface area contributed by atoms with Crippen molar-refractivity contribution in [2.45, 2.75) is 0 Å². The maximum absolute atomic E-state index is 12.4. The van der Waals surface area contributed by atoms with Crippen molar-refractivity contribution < 1.29 is 13.9 Å². The van der Waals surface area contributed by atoms with E-state index < -0.39 is 0 Å². The van der Waals surface area contributed by atoms with Gasteiger partial charge in [-0.15, -0.1) is 0 Å². The number of furan rings is 1. The zero-order valence-corrected chi connectivity index (χ0v) is 12.5. The van der Waals surface area contributed by atoms with Crippen LogP contribution in [0.25, 0.3) is 11.0 Å². The van der Waals surface area contributed by atoms with Crippen LogP contribution in [-0.4, -0.2) is 12.9 Å². The summed E-state index contributed by atoms with van der Waals surface area (Å²) in [7, 11) is 1.52. The molecule has 3 nitrogen and oxygen atoms in total. The second-order valence-electron chi connectivity index (χ2n) is 4.48. The lowest BCUT2D eigenvalue weighted by molar-refractivity contribution is 0.101. The van der Waals surface area contributed by atoms with Crippen LogP contribution in [-0.2, 0) is 0 Å². The van der Waals surface area contributed by atoms with Crippen molar-refractivity contribution in [2.75, 3.05) is 7.11 Å². The van der Waals surface area contributed by atoms with Crippen LogP contribution in [0.3, 0.4) is 0 Å². The summed E-state index contributed by atoms with van der Waals surface area (Å²) >= 11 is 11.9. The van der Waals surface area contributed by atoms with E-state index in [4.69, 9.17) is 32.4 Å². The van der Waals surface area contributed by atoms with Crippen LogP contribution in [0, 0.1) is 0 Å². The lowest BCUT2D eigenvalue weighted by atomic mass is 10.1. The van der Waals surface area contributed by atoms with E-state index in [2.05, 4.69) is 0 Å². The van der Waals surface area contributed by atoms with Gasteiger partial charge in [0.15, 0.2) is 17.1 Å². The van der Waals surface area contributed by atoms with E-state index in [0.29, 0.717) is 32.3 Å². The van der Waals surface area contributed by atoms with Gasteiger partial charge >= 0.3 is 0 Å². The Balaban J connectivity index is 2.11. The molecule has 0 spiro atoms. The molecule has 0 amide bonds. The molecular formula is C16H10Cl2O3. The fraction of sp³-hybridized carbons (Fsp3) is 0.0625.